The van der Waals surface area contributed by atoms with Crippen LogP contribution in [0.15, 0.2) is 42.5 Å². The highest BCUT2D eigenvalue weighted by Crippen LogP contribution is 2.20. The fourth-order valence-electron chi connectivity index (χ4n) is 3.61. The molecule has 3 rings (SSSR count). The van der Waals surface area contributed by atoms with E-state index in [4.69, 9.17) is 0 Å². The van der Waals surface area contributed by atoms with Crippen LogP contribution < -0.4 is 5.32 Å². The second-order valence-corrected chi connectivity index (χ2v) is 7.19. The first-order valence-corrected chi connectivity index (χ1v) is 9.11. The molecule has 1 saturated heterocycles. The molecule has 24 heavy (non-hydrogen) atoms. The fourth-order valence-corrected chi connectivity index (χ4v) is 3.61. The Balaban J connectivity index is 1.51. The van der Waals surface area contributed by atoms with Gasteiger partial charge in [0.25, 0.3) is 0 Å². The summed E-state index contributed by atoms with van der Waals surface area (Å²) in [5.74, 6) is 0.758. The number of carbonyl (C=O) groups is 1. The van der Waals surface area contributed by atoms with Crippen LogP contribution in [0.3, 0.4) is 0 Å². The van der Waals surface area contributed by atoms with Crippen LogP contribution in [0.25, 0.3) is 10.8 Å². The van der Waals surface area contributed by atoms with Crippen molar-refractivity contribution in [2.75, 3.05) is 19.6 Å². The molecule has 1 N–H and O–H groups in total. The lowest BCUT2D eigenvalue weighted by atomic mass is 9.95. The summed E-state index contributed by atoms with van der Waals surface area (Å²) < 4.78 is 0. The molecule has 3 nitrogen and oxygen atoms in total. The van der Waals surface area contributed by atoms with Crippen LogP contribution in [0.5, 0.6) is 0 Å². The molecule has 0 aromatic heterocycles. The predicted octanol–water partition coefficient (Wildman–Crippen LogP) is 3.62. The zero-order valence-corrected chi connectivity index (χ0v) is 14.8. The van der Waals surface area contributed by atoms with Gasteiger partial charge in [-0.3, -0.25) is 4.79 Å². The SMILES string of the molecule is CC(C)N1CCC(CNC(=O)Cc2cccc3ccccc23)CC1. The van der Waals surface area contributed by atoms with Crippen LogP contribution in [-0.2, 0) is 11.2 Å². The Morgan fingerprint density at radius 2 is 1.83 bits per heavy atom. The van der Waals surface area contributed by atoms with Crippen molar-refractivity contribution in [2.24, 2.45) is 5.92 Å². The van der Waals surface area contributed by atoms with Gasteiger partial charge in [-0.1, -0.05) is 42.5 Å². The summed E-state index contributed by atoms with van der Waals surface area (Å²) in [5.41, 5.74) is 1.11. The standard InChI is InChI=1S/C21H28N2O/c1-16(2)23-12-10-17(11-13-23)15-22-21(24)14-19-8-5-7-18-6-3-4-9-20(18)19/h3-9,16-17H,10-15H2,1-2H3,(H,22,24). The predicted molar refractivity (Wildman–Crippen MR) is 100 cm³/mol. The maximum Gasteiger partial charge on any atom is 0.224 e. The lowest BCUT2D eigenvalue weighted by molar-refractivity contribution is -0.120. The summed E-state index contributed by atoms with van der Waals surface area (Å²) in [6.07, 6.45) is 2.84. The van der Waals surface area contributed by atoms with Gasteiger partial charge >= 0.3 is 0 Å². The highest BCUT2D eigenvalue weighted by molar-refractivity contribution is 5.90. The van der Waals surface area contributed by atoms with E-state index in [-0.39, 0.29) is 5.91 Å². The second kappa shape index (κ2) is 7.80. The molecule has 0 aliphatic carbocycles. The van der Waals surface area contributed by atoms with Crippen LogP contribution in [0, 0.1) is 5.92 Å². The molecule has 0 unspecified atom stereocenters. The molecule has 1 aliphatic rings. The Morgan fingerprint density at radius 3 is 2.58 bits per heavy atom. The van der Waals surface area contributed by atoms with E-state index in [9.17, 15) is 4.79 Å². The molecule has 1 fully saturated rings. The van der Waals surface area contributed by atoms with Crippen molar-refractivity contribution in [3.05, 3.63) is 48.0 Å². The minimum absolute atomic E-state index is 0.137. The molecule has 1 aliphatic heterocycles. The summed E-state index contributed by atoms with van der Waals surface area (Å²) in [6, 6.07) is 15.1. The lowest BCUT2D eigenvalue weighted by Crippen LogP contribution is -2.41. The van der Waals surface area contributed by atoms with Crippen LogP contribution in [0.1, 0.15) is 32.3 Å². The normalized spacial score (nSPS) is 16.6. The molecule has 2 aromatic rings. The van der Waals surface area contributed by atoms with E-state index in [1.54, 1.807) is 0 Å². The highest BCUT2D eigenvalue weighted by Gasteiger charge is 2.21. The van der Waals surface area contributed by atoms with Crippen LogP contribution in [0.2, 0.25) is 0 Å². The van der Waals surface area contributed by atoms with Gasteiger partial charge in [0.15, 0.2) is 0 Å². The summed E-state index contributed by atoms with van der Waals surface area (Å²) in [7, 11) is 0. The summed E-state index contributed by atoms with van der Waals surface area (Å²) in [5, 5.41) is 5.53. The topological polar surface area (TPSA) is 32.3 Å². The van der Waals surface area contributed by atoms with Crippen molar-refractivity contribution >= 4 is 16.7 Å². The van der Waals surface area contributed by atoms with Crippen molar-refractivity contribution in [3.63, 3.8) is 0 Å². The van der Waals surface area contributed by atoms with Crippen molar-refractivity contribution in [3.8, 4) is 0 Å². The van der Waals surface area contributed by atoms with Gasteiger partial charge in [0.2, 0.25) is 5.91 Å². The average molecular weight is 324 g/mol. The second-order valence-electron chi connectivity index (χ2n) is 7.19. The van der Waals surface area contributed by atoms with Gasteiger partial charge in [-0.25, -0.2) is 0 Å². The third kappa shape index (κ3) is 4.15. The first kappa shape index (κ1) is 17.0. The minimum Gasteiger partial charge on any atom is -0.356 e. The first-order chi connectivity index (χ1) is 11.6. The van der Waals surface area contributed by atoms with Gasteiger partial charge < -0.3 is 10.2 Å². The maximum absolute atomic E-state index is 12.3. The number of fused-ring (bicyclic) bond motifs is 1. The van der Waals surface area contributed by atoms with E-state index >= 15 is 0 Å². The van der Waals surface area contributed by atoms with E-state index in [0.29, 0.717) is 18.4 Å². The van der Waals surface area contributed by atoms with E-state index in [1.807, 2.05) is 18.2 Å². The molecular weight excluding hydrogens is 296 g/mol. The average Bonchev–Trinajstić information content (AvgIpc) is 2.61. The van der Waals surface area contributed by atoms with E-state index in [2.05, 4.69) is 48.3 Å². The number of carbonyl (C=O) groups excluding carboxylic acids is 1. The molecule has 0 atom stereocenters. The molecule has 0 bridgehead atoms. The number of hydrogen-bond donors (Lipinski definition) is 1. The molecule has 0 spiro atoms. The minimum atomic E-state index is 0.137. The maximum atomic E-state index is 12.3. The Morgan fingerprint density at radius 1 is 1.12 bits per heavy atom. The number of benzene rings is 2. The summed E-state index contributed by atoms with van der Waals surface area (Å²) in [6.45, 7) is 7.64. The van der Waals surface area contributed by atoms with Gasteiger partial charge in [0.05, 0.1) is 6.42 Å². The van der Waals surface area contributed by atoms with Crippen LogP contribution in [0.4, 0.5) is 0 Å². The monoisotopic (exact) mass is 324 g/mol. The highest BCUT2D eigenvalue weighted by atomic mass is 16.1. The molecule has 3 heteroatoms. The molecule has 1 amide bonds. The van der Waals surface area contributed by atoms with Gasteiger partial charge in [0.1, 0.15) is 0 Å². The number of likely N-dealkylation sites (tertiary alicyclic amines) is 1. The summed E-state index contributed by atoms with van der Waals surface area (Å²) in [4.78, 5) is 14.9. The molecule has 0 radical (unpaired) electrons. The molecular formula is C21H28N2O. The van der Waals surface area contributed by atoms with E-state index in [1.165, 1.54) is 23.6 Å². The van der Waals surface area contributed by atoms with Gasteiger partial charge in [-0.2, -0.15) is 0 Å². The first-order valence-electron chi connectivity index (χ1n) is 9.11. The largest absolute Gasteiger partial charge is 0.356 e. The number of hydrogen-bond acceptors (Lipinski definition) is 2. The number of amides is 1. The Labute approximate surface area is 145 Å². The van der Waals surface area contributed by atoms with Gasteiger partial charge in [-0.15, -0.1) is 0 Å². The van der Waals surface area contributed by atoms with E-state index in [0.717, 1.165) is 25.2 Å². The third-order valence-electron chi connectivity index (χ3n) is 5.20. The zero-order valence-electron chi connectivity index (χ0n) is 14.8. The van der Waals surface area contributed by atoms with Crippen LogP contribution in [-0.4, -0.2) is 36.5 Å². The van der Waals surface area contributed by atoms with Gasteiger partial charge in [0, 0.05) is 12.6 Å². The lowest BCUT2D eigenvalue weighted by Gasteiger charge is -2.34. The molecule has 2 aromatic carbocycles. The zero-order chi connectivity index (χ0) is 16.9. The Bertz CT molecular complexity index is 682. The quantitative estimate of drug-likeness (QED) is 0.911. The van der Waals surface area contributed by atoms with Crippen molar-refractivity contribution in [2.45, 2.75) is 39.2 Å². The van der Waals surface area contributed by atoms with Crippen molar-refractivity contribution in [1.29, 1.82) is 0 Å². The fraction of sp³-hybridized carbons (Fsp3) is 0.476. The van der Waals surface area contributed by atoms with Gasteiger partial charge in [-0.05, 0) is 62.0 Å². The number of nitrogens with zero attached hydrogens (tertiary/aromatic N) is 1. The molecule has 1 heterocycles. The van der Waals surface area contributed by atoms with Crippen molar-refractivity contribution in [1.82, 2.24) is 10.2 Å². The number of nitrogens with one attached hydrogen (secondary N) is 1. The summed E-state index contributed by atoms with van der Waals surface area (Å²) >= 11 is 0. The Hall–Kier alpha value is -1.87. The van der Waals surface area contributed by atoms with Crippen molar-refractivity contribution < 1.29 is 4.79 Å². The molecule has 0 saturated carbocycles. The number of piperidine rings is 1. The molecule has 128 valence electrons. The third-order valence-corrected chi connectivity index (χ3v) is 5.20. The smallest absolute Gasteiger partial charge is 0.224 e. The van der Waals surface area contributed by atoms with E-state index < -0.39 is 0 Å². The number of rotatable bonds is 5. The Kier molecular flexibility index (Phi) is 5.52. The van der Waals surface area contributed by atoms with Crippen LogP contribution >= 0.6 is 0 Å².